The molecule has 0 fully saturated rings. The first kappa shape index (κ1) is 10.4. The zero-order valence-electron chi connectivity index (χ0n) is 6.85. The van der Waals surface area contributed by atoms with E-state index in [9.17, 15) is 18.0 Å². The molecule has 0 atom stereocenters. The van der Waals surface area contributed by atoms with Crippen LogP contribution in [0.4, 0.5) is 23.9 Å². The highest BCUT2D eigenvalue weighted by molar-refractivity contribution is 5.87. The molecule has 0 aliphatic heterocycles. The Hall–Kier alpha value is -1.73. The summed E-state index contributed by atoms with van der Waals surface area (Å²) < 4.78 is 34.9. The lowest BCUT2D eigenvalue weighted by molar-refractivity contribution is -0.122. The summed E-state index contributed by atoms with van der Waals surface area (Å²) in [4.78, 5) is 16.9. The summed E-state index contributed by atoms with van der Waals surface area (Å²) >= 11 is 0. The average Bonchev–Trinajstić information content (AvgIpc) is 2.52. The summed E-state index contributed by atoms with van der Waals surface area (Å²) in [5.41, 5.74) is 0. The molecular weight excluding hydrogens is 201 g/mol. The first-order valence-corrected chi connectivity index (χ1v) is 3.58. The predicted molar refractivity (Wildman–Crippen MR) is 41.7 cm³/mol. The van der Waals surface area contributed by atoms with Crippen molar-refractivity contribution < 1.29 is 18.0 Å². The predicted octanol–water partition coefficient (Wildman–Crippen LogP) is 1.09. The van der Waals surface area contributed by atoms with Gasteiger partial charge in [0, 0.05) is 12.4 Å². The van der Waals surface area contributed by atoms with Crippen molar-refractivity contribution in [2.75, 3.05) is 11.9 Å². The van der Waals surface area contributed by atoms with Crippen LogP contribution >= 0.6 is 0 Å². The third-order valence-electron chi connectivity index (χ3n) is 1.18. The van der Waals surface area contributed by atoms with E-state index in [-0.39, 0.29) is 5.95 Å². The fourth-order valence-corrected chi connectivity index (χ4v) is 0.666. The molecule has 1 heterocycles. The van der Waals surface area contributed by atoms with Crippen LogP contribution in [0.1, 0.15) is 0 Å². The van der Waals surface area contributed by atoms with Crippen molar-refractivity contribution >= 4 is 12.0 Å². The Morgan fingerprint density at radius 2 is 2.29 bits per heavy atom. The fourth-order valence-electron chi connectivity index (χ4n) is 0.666. The molecule has 3 N–H and O–H groups in total. The molecule has 0 saturated carbocycles. The fraction of sp³-hybridized carbons (Fsp3) is 0.333. The number of imidazole rings is 1. The van der Waals surface area contributed by atoms with Gasteiger partial charge >= 0.3 is 12.2 Å². The average molecular weight is 208 g/mol. The number of carbonyl (C=O) groups excluding carboxylic acids is 1. The van der Waals surface area contributed by atoms with E-state index >= 15 is 0 Å². The van der Waals surface area contributed by atoms with Crippen molar-refractivity contribution in [2.24, 2.45) is 0 Å². The molecule has 1 aromatic heterocycles. The molecule has 1 aromatic rings. The number of amides is 2. The number of urea groups is 1. The van der Waals surface area contributed by atoms with E-state index in [1.807, 2.05) is 0 Å². The van der Waals surface area contributed by atoms with Crippen molar-refractivity contribution in [1.29, 1.82) is 0 Å². The van der Waals surface area contributed by atoms with Gasteiger partial charge in [0.25, 0.3) is 0 Å². The molecule has 1 rings (SSSR count). The lowest BCUT2D eigenvalue weighted by Gasteiger charge is -2.07. The van der Waals surface area contributed by atoms with Gasteiger partial charge in [-0.3, -0.25) is 5.32 Å². The highest BCUT2D eigenvalue weighted by Crippen LogP contribution is 2.12. The van der Waals surface area contributed by atoms with Crippen LogP contribution < -0.4 is 10.6 Å². The minimum absolute atomic E-state index is 0.0877. The molecule has 0 aliphatic rings. The Balaban J connectivity index is 2.30. The number of hydrogen-bond acceptors (Lipinski definition) is 2. The van der Waals surface area contributed by atoms with Crippen LogP contribution in [0.5, 0.6) is 0 Å². The van der Waals surface area contributed by atoms with Crippen molar-refractivity contribution in [1.82, 2.24) is 15.3 Å². The molecule has 14 heavy (non-hydrogen) atoms. The Kier molecular flexibility index (Phi) is 2.95. The molecule has 0 spiro atoms. The van der Waals surface area contributed by atoms with Gasteiger partial charge in [-0.2, -0.15) is 13.2 Å². The van der Waals surface area contributed by atoms with E-state index in [4.69, 9.17) is 0 Å². The standard InChI is InChI=1S/C6H7F3N4O/c7-6(8,9)3-12-5(14)13-4-10-1-2-11-4/h1-2H,3H2,(H3,10,11,12,13,14). The molecule has 0 saturated heterocycles. The number of nitrogens with one attached hydrogen (secondary N) is 3. The van der Waals surface area contributed by atoms with Crippen LogP contribution in [0.15, 0.2) is 12.4 Å². The monoisotopic (exact) mass is 208 g/mol. The van der Waals surface area contributed by atoms with Gasteiger partial charge < -0.3 is 10.3 Å². The first-order valence-electron chi connectivity index (χ1n) is 3.58. The molecule has 0 bridgehead atoms. The largest absolute Gasteiger partial charge is 0.405 e. The number of carbonyl (C=O) groups is 1. The number of halogens is 3. The summed E-state index contributed by atoms with van der Waals surface area (Å²) in [6.07, 6.45) is -1.63. The Morgan fingerprint density at radius 1 is 1.57 bits per heavy atom. The summed E-state index contributed by atoms with van der Waals surface area (Å²) in [6.45, 7) is -1.38. The van der Waals surface area contributed by atoms with Gasteiger partial charge in [0.2, 0.25) is 5.95 Å². The molecule has 2 amide bonds. The van der Waals surface area contributed by atoms with Gasteiger partial charge in [0.05, 0.1) is 0 Å². The third-order valence-corrected chi connectivity index (χ3v) is 1.18. The van der Waals surface area contributed by atoms with Crippen molar-refractivity contribution in [3.63, 3.8) is 0 Å². The number of anilines is 1. The quantitative estimate of drug-likeness (QED) is 0.680. The van der Waals surface area contributed by atoms with Crippen LogP contribution in [0, 0.1) is 0 Å². The zero-order valence-corrected chi connectivity index (χ0v) is 6.85. The molecule has 8 heteroatoms. The number of nitrogens with zero attached hydrogens (tertiary/aromatic N) is 1. The summed E-state index contributed by atoms with van der Waals surface area (Å²) in [6, 6.07) is -0.961. The van der Waals surface area contributed by atoms with Gasteiger partial charge in [-0.25, -0.2) is 9.78 Å². The number of rotatable bonds is 2. The maximum atomic E-state index is 11.6. The number of H-pyrrole nitrogens is 1. The molecular formula is C6H7F3N4O. The zero-order chi connectivity index (χ0) is 10.6. The molecule has 0 aromatic carbocycles. The van der Waals surface area contributed by atoms with E-state index in [1.54, 1.807) is 5.32 Å². The van der Waals surface area contributed by atoms with Crippen molar-refractivity contribution in [3.8, 4) is 0 Å². The maximum Gasteiger partial charge on any atom is 0.405 e. The number of alkyl halides is 3. The van der Waals surface area contributed by atoms with E-state index in [2.05, 4.69) is 15.3 Å². The van der Waals surface area contributed by atoms with E-state index < -0.39 is 18.8 Å². The second-order valence-corrected chi connectivity index (χ2v) is 2.36. The third kappa shape index (κ3) is 3.78. The molecule has 0 radical (unpaired) electrons. The topological polar surface area (TPSA) is 69.8 Å². The van der Waals surface area contributed by atoms with E-state index in [0.29, 0.717) is 0 Å². The highest BCUT2D eigenvalue weighted by atomic mass is 19.4. The van der Waals surface area contributed by atoms with Crippen molar-refractivity contribution in [3.05, 3.63) is 12.4 Å². The summed E-state index contributed by atoms with van der Waals surface area (Å²) in [7, 11) is 0. The number of aromatic amines is 1. The lowest BCUT2D eigenvalue weighted by atomic mass is 10.6. The SMILES string of the molecule is O=C(NCC(F)(F)F)Nc1ncc[nH]1. The highest BCUT2D eigenvalue weighted by Gasteiger charge is 2.27. The van der Waals surface area contributed by atoms with Crippen LogP contribution in [0.2, 0.25) is 0 Å². The number of aromatic nitrogens is 2. The van der Waals surface area contributed by atoms with Crippen LogP contribution in [-0.2, 0) is 0 Å². The van der Waals surface area contributed by atoms with Crippen LogP contribution in [0.25, 0.3) is 0 Å². The summed E-state index contributed by atoms with van der Waals surface area (Å²) in [5, 5.41) is 3.70. The molecule has 78 valence electrons. The van der Waals surface area contributed by atoms with Gasteiger partial charge in [0.1, 0.15) is 6.54 Å². The van der Waals surface area contributed by atoms with Gasteiger partial charge in [0.15, 0.2) is 0 Å². The molecule has 5 nitrogen and oxygen atoms in total. The second-order valence-electron chi connectivity index (χ2n) is 2.36. The van der Waals surface area contributed by atoms with Crippen molar-refractivity contribution in [2.45, 2.75) is 6.18 Å². The number of hydrogen-bond donors (Lipinski definition) is 3. The molecule has 0 unspecified atom stereocenters. The Bertz CT molecular complexity index is 295. The van der Waals surface area contributed by atoms with Gasteiger partial charge in [-0.1, -0.05) is 0 Å². The van der Waals surface area contributed by atoms with E-state index in [1.165, 1.54) is 12.4 Å². The Morgan fingerprint density at radius 3 is 2.79 bits per heavy atom. The molecule has 0 aliphatic carbocycles. The minimum atomic E-state index is -4.42. The van der Waals surface area contributed by atoms with E-state index in [0.717, 1.165) is 0 Å². The minimum Gasteiger partial charge on any atom is -0.331 e. The smallest absolute Gasteiger partial charge is 0.331 e. The Labute approximate surface area is 76.7 Å². The normalized spacial score (nSPS) is 11.1. The van der Waals surface area contributed by atoms with Crippen LogP contribution in [-0.4, -0.2) is 28.7 Å². The first-order chi connectivity index (χ1) is 6.47. The van der Waals surface area contributed by atoms with Gasteiger partial charge in [-0.15, -0.1) is 0 Å². The summed E-state index contributed by atoms with van der Waals surface area (Å²) in [5.74, 6) is 0.0877. The van der Waals surface area contributed by atoms with Crippen LogP contribution in [0.3, 0.4) is 0 Å². The lowest BCUT2D eigenvalue weighted by Crippen LogP contribution is -2.36. The second kappa shape index (κ2) is 3.99. The maximum absolute atomic E-state index is 11.6. The van der Waals surface area contributed by atoms with Gasteiger partial charge in [-0.05, 0) is 0 Å².